The van der Waals surface area contributed by atoms with Gasteiger partial charge in [-0.25, -0.2) is 0 Å². The van der Waals surface area contributed by atoms with Crippen molar-refractivity contribution in [3.63, 3.8) is 0 Å². The van der Waals surface area contributed by atoms with Gasteiger partial charge in [0.1, 0.15) is 22.3 Å². The third kappa shape index (κ3) is 3.81. The average molecular weight is 553 g/mol. The Morgan fingerprint density at radius 1 is 0.465 bits per heavy atom. The Bertz CT molecular complexity index is 2450. The van der Waals surface area contributed by atoms with Crippen LogP contribution < -0.4 is 4.90 Å². The SMILES string of the molecule is c1ccc(-c2ccc(N(c3ccc4oc5ccccc5c4c3)c3ccnc4c3oc3cc5ccccc5cc34)cc2)cc1. The van der Waals surface area contributed by atoms with Gasteiger partial charge in [-0.15, -0.1) is 0 Å². The molecule has 0 aliphatic heterocycles. The Labute approximate surface area is 247 Å². The molecule has 4 heteroatoms. The lowest BCUT2D eigenvalue weighted by Gasteiger charge is -2.25. The van der Waals surface area contributed by atoms with Gasteiger partial charge in [0.2, 0.25) is 0 Å². The summed E-state index contributed by atoms with van der Waals surface area (Å²) in [7, 11) is 0. The van der Waals surface area contributed by atoms with E-state index in [0.717, 1.165) is 77.4 Å². The standard InChI is InChI=1S/C39H24N2O2/c1-2-8-25(9-3-1)26-14-16-29(17-15-26)41(30-18-19-36-32(24-30)31-12-6-7-13-35(31)42-36)34-20-21-40-38-33-22-27-10-4-5-11-28(27)23-37(33)43-39(34)38/h1-24H. The number of rotatable bonds is 4. The predicted molar refractivity (Wildman–Crippen MR) is 176 cm³/mol. The molecule has 9 rings (SSSR count). The first-order chi connectivity index (χ1) is 21.3. The van der Waals surface area contributed by atoms with Gasteiger partial charge in [-0.1, -0.05) is 84.9 Å². The van der Waals surface area contributed by atoms with Gasteiger partial charge in [0.05, 0.1) is 5.69 Å². The second kappa shape index (κ2) is 9.33. The van der Waals surface area contributed by atoms with Crippen molar-refractivity contribution in [2.45, 2.75) is 0 Å². The highest BCUT2D eigenvalue weighted by Crippen LogP contribution is 2.43. The molecule has 0 saturated carbocycles. The highest BCUT2D eigenvalue weighted by atomic mass is 16.3. The molecule has 6 aromatic carbocycles. The first-order valence-electron chi connectivity index (χ1n) is 14.4. The van der Waals surface area contributed by atoms with Crippen molar-refractivity contribution in [2.24, 2.45) is 0 Å². The van der Waals surface area contributed by atoms with Crippen molar-refractivity contribution in [3.05, 3.63) is 146 Å². The van der Waals surface area contributed by atoms with E-state index in [1.165, 1.54) is 5.56 Å². The second-order valence-electron chi connectivity index (χ2n) is 10.8. The van der Waals surface area contributed by atoms with Crippen molar-refractivity contribution in [3.8, 4) is 11.1 Å². The Morgan fingerprint density at radius 3 is 2.02 bits per heavy atom. The zero-order valence-electron chi connectivity index (χ0n) is 23.1. The number of hydrogen-bond acceptors (Lipinski definition) is 4. The van der Waals surface area contributed by atoms with Crippen LogP contribution in [0.5, 0.6) is 0 Å². The molecular weight excluding hydrogens is 528 g/mol. The topological polar surface area (TPSA) is 42.4 Å². The Hall–Kier alpha value is -5.87. The fourth-order valence-corrected chi connectivity index (χ4v) is 6.22. The average Bonchev–Trinajstić information content (AvgIpc) is 3.62. The first-order valence-corrected chi connectivity index (χ1v) is 14.4. The minimum Gasteiger partial charge on any atom is -0.456 e. The highest BCUT2D eigenvalue weighted by Gasteiger charge is 2.21. The molecular formula is C39H24N2O2. The highest BCUT2D eigenvalue weighted by molar-refractivity contribution is 6.12. The smallest absolute Gasteiger partial charge is 0.177 e. The largest absolute Gasteiger partial charge is 0.456 e. The van der Waals surface area contributed by atoms with Gasteiger partial charge in [-0.05, 0) is 76.5 Å². The zero-order valence-corrected chi connectivity index (χ0v) is 23.1. The van der Waals surface area contributed by atoms with E-state index in [1.807, 2.05) is 30.5 Å². The van der Waals surface area contributed by atoms with Crippen LogP contribution in [0.3, 0.4) is 0 Å². The van der Waals surface area contributed by atoms with Crippen LogP contribution in [0.25, 0.3) is 65.9 Å². The van der Waals surface area contributed by atoms with Crippen molar-refractivity contribution in [1.82, 2.24) is 4.98 Å². The molecule has 0 aliphatic carbocycles. The van der Waals surface area contributed by atoms with Gasteiger partial charge in [0.15, 0.2) is 5.58 Å². The lowest BCUT2D eigenvalue weighted by atomic mass is 10.0. The van der Waals surface area contributed by atoms with Crippen LogP contribution in [-0.2, 0) is 0 Å². The van der Waals surface area contributed by atoms with Crippen LogP contribution in [0.1, 0.15) is 0 Å². The molecule has 0 fully saturated rings. The van der Waals surface area contributed by atoms with E-state index < -0.39 is 0 Å². The number of pyridine rings is 1. The number of benzene rings is 6. The van der Waals surface area contributed by atoms with E-state index in [9.17, 15) is 0 Å². The van der Waals surface area contributed by atoms with Gasteiger partial charge in [0.25, 0.3) is 0 Å². The fourth-order valence-electron chi connectivity index (χ4n) is 6.22. The molecule has 0 amide bonds. The third-order valence-corrected chi connectivity index (χ3v) is 8.29. The summed E-state index contributed by atoms with van der Waals surface area (Å²) < 4.78 is 12.8. The molecule has 0 spiro atoms. The number of aromatic nitrogens is 1. The quantitative estimate of drug-likeness (QED) is 0.218. The maximum atomic E-state index is 6.63. The minimum atomic E-state index is 0.747. The number of para-hydroxylation sites is 1. The van der Waals surface area contributed by atoms with Crippen molar-refractivity contribution in [2.75, 3.05) is 4.90 Å². The van der Waals surface area contributed by atoms with Gasteiger partial charge in [-0.3, -0.25) is 4.98 Å². The van der Waals surface area contributed by atoms with Gasteiger partial charge < -0.3 is 13.7 Å². The molecule has 3 aromatic heterocycles. The van der Waals surface area contributed by atoms with Crippen LogP contribution in [0.4, 0.5) is 17.1 Å². The molecule has 43 heavy (non-hydrogen) atoms. The number of fused-ring (bicyclic) bond motifs is 7. The summed E-state index contributed by atoms with van der Waals surface area (Å²) in [5, 5.41) is 5.47. The summed E-state index contributed by atoms with van der Waals surface area (Å²) in [5.41, 5.74) is 9.45. The van der Waals surface area contributed by atoms with Gasteiger partial charge in [-0.2, -0.15) is 0 Å². The van der Waals surface area contributed by atoms with Crippen LogP contribution in [0.15, 0.2) is 155 Å². The van der Waals surface area contributed by atoms with Crippen LogP contribution >= 0.6 is 0 Å². The molecule has 0 bridgehead atoms. The summed E-state index contributed by atoms with van der Waals surface area (Å²) in [4.78, 5) is 7.06. The summed E-state index contributed by atoms with van der Waals surface area (Å²) in [6, 6.07) is 48.4. The van der Waals surface area contributed by atoms with Crippen molar-refractivity contribution >= 4 is 71.8 Å². The Balaban J connectivity index is 1.29. The lowest BCUT2D eigenvalue weighted by molar-refractivity contribution is 0.668. The molecule has 4 nitrogen and oxygen atoms in total. The van der Waals surface area contributed by atoms with E-state index >= 15 is 0 Å². The summed E-state index contributed by atoms with van der Waals surface area (Å²) in [5.74, 6) is 0. The van der Waals surface area contributed by atoms with E-state index in [1.54, 1.807) is 0 Å². The molecule has 0 radical (unpaired) electrons. The summed E-state index contributed by atoms with van der Waals surface area (Å²) in [6.07, 6.45) is 1.87. The van der Waals surface area contributed by atoms with E-state index in [0.29, 0.717) is 0 Å². The summed E-state index contributed by atoms with van der Waals surface area (Å²) in [6.45, 7) is 0. The maximum absolute atomic E-state index is 6.63. The monoisotopic (exact) mass is 552 g/mol. The third-order valence-electron chi connectivity index (χ3n) is 8.29. The molecule has 0 N–H and O–H groups in total. The normalized spacial score (nSPS) is 11.7. The molecule has 0 saturated heterocycles. The van der Waals surface area contributed by atoms with E-state index in [2.05, 4.69) is 120 Å². The lowest BCUT2D eigenvalue weighted by Crippen LogP contribution is -2.10. The Morgan fingerprint density at radius 2 is 1.16 bits per heavy atom. The molecule has 3 heterocycles. The Kier molecular flexibility index (Phi) is 5.16. The molecule has 0 unspecified atom stereocenters. The van der Waals surface area contributed by atoms with Gasteiger partial charge in [0, 0.05) is 33.7 Å². The zero-order chi connectivity index (χ0) is 28.3. The molecule has 202 valence electrons. The predicted octanol–water partition coefficient (Wildman–Crippen LogP) is 11.2. The van der Waals surface area contributed by atoms with Crippen LogP contribution in [0, 0.1) is 0 Å². The van der Waals surface area contributed by atoms with Gasteiger partial charge >= 0.3 is 0 Å². The van der Waals surface area contributed by atoms with E-state index in [-0.39, 0.29) is 0 Å². The fraction of sp³-hybridized carbons (Fsp3) is 0. The van der Waals surface area contributed by atoms with Crippen molar-refractivity contribution < 1.29 is 8.83 Å². The van der Waals surface area contributed by atoms with Crippen LogP contribution in [0.2, 0.25) is 0 Å². The maximum Gasteiger partial charge on any atom is 0.177 e. The first kappa shape index (κ1) is 23.8. The molecule has 0 atom stereocenters. The minimum absolute atomic E-state index is 0.747. The summed E-state index contributed by atoms with van der Waals surface area (Å²) >= 11 is 0. The van der Waals surface area contributed by atoms with Crippen LogP contribution in [-0.4, -0.2) is 4.98 Å². The number of hydrogen-bond donors (Lipinski definition) is 0. The van der Waals surface area contributed by atoms with Crippen molar-refractivity contribution in [1.29, 1.82) is 0 Å². The molecule has 0 aliphatic rings. The number of nitrogens with zero attached hydrogens (tertiary/aromatic N) is 2. The number of anilines is 3. The number of furan rings is 2. The van der Waals surface area contributed by atoms with E-state index in [4.69, 9.17) is 13.8 Å². The molecule has 9 aromatic rings. The second-order valence-corrected chi connectivity index (χ2v) is 10.8.